The van der Waals surface area contributed by atoms with Crippen molar-refractivity contribution in [3.05, 3.63) is 76.0 Å². The summed E-state index contributed by atoms with van der Waals surface area (Å²) in [6.07, 6.45) is 4.99. The van der Waals surface area contributed by atoms with Gasteiger partial charge in [-0.25, -0.2) is 9.97 Å². The Morgan fingerprint density at radius 1 is 1.04 bits per heavy atom. The van der Waals surface area contributed by atoms with Crippen LogP contribution in [0.4, 0.5) is 17.3 Å². The number of carbonyl (C=O) groups excluding carboxylic acids is 1. The van der Waals surface area contributed by atoms with Gasteiger partial charge < -0.3 is 10.2 Å². The number of para-hydroxylation sites is 1. The molecule has 0 atom stereocenters. The molecule has 1 aromatic heterocycles. The maximum Gasteiger partial charge on any atom is 0.261 e. The quantitative estimate of drug-likeness (QED) is 0.664. The summed E-state index contributed by atoms with van der Waals surface area (Å²) < 4.78 is 0. The molecule has 1 N–H and O–H groups in total. The van der Waals surface area contributed by atoms with Crippen molar-refractivity contribution >= 4 is 46.4 Å². The molecule has 0 spiro atoms. The summed E-state index contributed by atoms with van der Waals surface area (Å²) in [4.78, 5) is 23.2. The molecule has 0 fully saturated rings. The van der Waals surface area contributed by atoms with Crippen molar-refractivity contribution < 1.29 is 4.79 Å². The third-order valence-corrected chi connectivity index (χ3v) is 4.81. The van der Waals surface area contributed by atoms with E-state index in [4.69, 9.17) is 23.2 Å². The summed E-state index contributed by atoms with van der Waals surface area (Å²) in [5.74, 6) is 0.267. The van der Waals surface area contributed by atoms with Crippen LogP contribution in [0, 0.1) is 0 Å². The van der Waals surface area contributed by atoms with Crippen LogP contribution < -0.4 is 10.2 Å². The monoisotopic (exact) mass is 398 g/mol. The van der Waals surface area contributed by atoms with Gasteiger partial charge in [0.2, 0.25) is 5.95 Å². The van der Waals surface area contributed by atoms with Crippen LogP contribution >= 0.6 is 23.2 Å². The normalized spacial score (nSPS) is 13.2. The Balaban J connectivity index is 1.53. The first-order chi connectivity index (χ1) is 13.1. The summed E-state index contributed by atoms with van der Waals surface area (Å²) >= 11 is 12.0. The second-order valence-corrected chi connectivity index (χ2v) is 7.14. The Kier molecular flexibility index (Phi) is 4.97. The molecule has 1 aliphatic rings. The summed E-state index contributed by atoms with van der Waals surface area (Å²) in [6, 6.07) is 13.1. The molecule has 2 aromatic carbocycles. The molecule has 3 aromatic rings. The Labute approximate surface area is 167 Å². The third-order valence-electron chi connectivity index (χ3n) is 4.37. The van der Waals surface area contributed by atoms with Crippen molar-refractivity contribution in [3.8, 4) is 0 Å². The molecule has 5 nitrogen and oxygen atoms in total. The first kappa shape index (κ1) is 17.8. The number of nitrogens with zero attached hydrogens (tertiary/aromatic N) is 3. The molecule has 0 bridgehead atoms. The first-order valence-corrected chi connectivity index (χ1v) is 9.31. The minimum atomic E-state index is -0.0977. The highest BCUT2D eigenvalue weighted by molar-refractivity contribution is 6.35. The fourth-order valence-electron chi connectivity index (χ4n) is 3.16. The van der Waals surface area contributed by atoms with Crippen molar-refractivity contribution in [3.63, 3.8) is 0 Å². The molecule has 4 rings (SSSR count). The number of carbonyl (C=O) groups is 1. The van der Waals surface area contributed by atoms with Crippen molar-refractivity contribution in [1.82, 2.24) is 9.97 Å². The fraction of sp³-hybridized carbons (Fsp3) is 0.150. The zero-order valence-corrected chi connectivity index (χ0v) is 15.8. The van der Waals surface area contributed by atoms with Gasteiger partial charge in [-0.15, -0.1) is 0 Å². The standard InChI is InChI=1S/C20H16Cl2N4O/c21-15-8-16(22)10-17(9-15)25-20-23-11-14(12-24-20)19(27)26-7-3-5-13-4-1-2-6-18(13)26/h1-2,4,6,8-12H,3,5,7H2,(H,23,24,25). The van der Waals surface area contributed by atoms with Gasteiger partial charge >= 0.3 is 0 Å². The average molecular weight is 399 g/mol. The number of hydrogen-bond acceptors (Lipinski definition) is 4. The second-order valence-electron chi connectivity index (χ2n) is 6.27. The van der Waals surface area contributed by atoms with Crippen LogP contribution in [-0.4, -0.2) is 22.4 Å². The molecule has 1 amide bonds. The van der Waals surface area contributed by atoms with Gasteiger partial charge in [0, 0.05) is 40.4 Å². The maximum absolute atomic E-state index is 12.9. The van der Waals surface area contributed by atoms with Crippen molar-refractivity contribution in [2.45, 2.75) is 12.8 Å². The van der Waals surface area contributed by atoms with Gasteiger partial charge in [0.15, 0.2) is 0 Å². The Morgan fingerprint density at radius 3 is 2.48 bits per heavy atom. The van der Waals surface area contributed by atoms with E-state index in [9.17, 15) is 4.79 Å². The van der Waals surface area contributed by atoms with Gasteiger partial charge in [-0.1, -0.05) is 41.4 Å². The van der Waals surface area contributed by atoms with Crippen molar-refractivity contribution in [1.29, 1.82) is 0 Å². The van der Waals surface area contributed by atoms with E-state index in [1.165, 1.54) is 18.0 Å². The molecule has 27 heavy (non-hydrogen) atoms. The zero-order valence-electron chi connectivity index (χ0n) is 14.3. The zero-order chi connectivity index (χ0) is 18.8. The highest BCUT2D eigenvalue weighted by Crippen LogP contribution is 2.28. The molecule has 0 unspecified atom stereocenters. The van der Waals surface area contributed by atoms with Crippen LogP contribution in [0.1, 0.15) is 22.3 Å². The van der Waals surface area contributed by atoms with E-state index in [1.54, 1.807) is 23.1 Å². The second kappa shape index (κ2) is 7.55. The number of aromatic nitrogens is 2. The molecule has 1 aliphatic heterocycles. The van der Waals surface area contributed by atoms with Crippen LogP contribution in [0.5, 0.6) is 0 Å². The lowest BCUT2D eigenvalue weighted by Gasteiger charge is -2.29. The van der Waals surface area contributed by atoms with E-state index in [0.717, 1.165) is 18.5 Å². The number of aryl methyl sites for hydroxylation is 1. The number of anilines is 3. The highest BCUT2D eigenvalue weighted by atomic mass is 35.5. The van der Waals surface area contributed by atoms with Crippen molar-refractivity contribution in [2.75, 3.05) is 16.8 Å². The summed E-state index contributed by atoms with van der Waals surface area (Å²) in [5, 5.41) is 4.06. The van der Waals surface area contributed by atoms with Crippen LogP contribution in [-0.2, 0) is 6.42 Å². The highest BCUT2D eigenvalue weighted by Gasteiger charge is 2.23. The van der Waals surface area contributed by atoms with Crippen LogP contribution in [0.3, 0.4) is 0 Å². The van der Waals surface area contributed by atoms with E-state index in [2.05, 4.69) is 21.4 Å². The van der Waals surface area contributed by atoms with Crippen LogP contribution in [0.25, 0.3) is 0 Å². The predicted octanol–water partition coefficient (Wildman–Crippen LogP) is 5.12. The van der Waals surface area contributed by atoms with Crippen molar-refractivity contribution in [2.24, 2.45) is 0 Å². The third kappa shape index (κ3) is 3.89. The number of benzene rings is 2. The first-order valence-electron chi connectivity index (χ1n) is 8.55. The van der Waals surface area contributed by atoms with Gasteiger partial charge in [0.05, 0.1) is 5.56 Å². The molecule has 0 aliphatic carbocycles. The SMILES string of the molecule is O=C(c1cnc(Nc2cc(Cl)cc(Cl)c2)nc1)N1CCCc2ccccc21. The van der Waals surface area contributed by atoms with E-state index >= 15 is 0 Å². The molecular formula is C20H16Cl2N4O. The molecule has 0 saturated carbocycles. The van der Waals surface area contributed by atoms with Gasteiger partial charge in [0.25, 0.3) is 5.91 Å². The van der Waals surface area contributed by atoms with Gasteiger partial charge in [-0.3, -0.25) is 4.79 Å². The number of hydrogen-bond donors (Lipinski definition) is 1. The topological polar surface area (TPSA) is 58.1 Å². The molecule has 0 saturated heterocycles. The van der Waals surface area contributed by atoms with E-state index in [-0.39, 0.29) is 5.91 Å². The molecular weight excluding hydrogens is 383 g/mol. The van der Waals surface area contributed by atoms with Gasteiger partial charge in [-0.05, 0) is 42.7 Å². The lowest BCUT2D eigenvalue weighted by atomic mass is 10.0. The smallest absolute Gasteiger partial charge is 0.261 e. The van der Waals surface area contributed by atoms with Gasteiger partial charge in [0.1, 0.15) is 0 Å². The number of rotatable bonds is 3. The maximum atomic E-state index is 12.9. The molecule has 136 valence electrons. The average Bonchev–Trinajstić information content (AvgIpc) is 2.67. The minimum absolute atomic E-state index is 0.0977. The minimum Gasteiger partial charge on any atom is -0.324 e. The Morgan fingerprint density at radius 2 is 1.74 bits per heavy atom. The van der Waals surface area contributed by atoms with Crippen LogP contribution in [0.15, 0.2) is 54.9 Å². The van der Waals surface area contributed by atoms with E-state index in [0.29, 0.717) is 33.8 Å². The fourth-order valence-corrected chi connectivity index (χ4v) is 3.68. The number of fused-ring (bicyclic) bond motifs is 1. The van der Waals surface area contributed by atoms with E-state index < -0.39 is 0 Å². The van der Waals surface area contributed by atoms with Gasteiger partial charge in [-0.2, -0.15) is 0 Å². The number of nitrogens with one attached hydrogen (secondary N) is 1. The van der Waals surface area contributed by atoms with Crippen LogP contribution in [0.2, 0.25) is 10.0 Å². The summed E-state index contributed by atoms with van der Waals surface area (Å²) in [5.41, 5.74) is 3.27. The lowest BCUT2D eigenvalue weighted by Crippen LogP contribution is -2.35. The predicted molar refractivity (Wildman–Crippen MR) is 108 cm³/mol. The molecule has 7 heteroatoms. The summed E-state index contributed by atoms with van der Waals surface area (Å²) in [6.45, 7) is 0.691. The Bertz CT molecular complexity index is 971. The molecule has 2 heterocycles. The number of amides is 1. The van der Waals surface area contributed by atoms with E-state index in [1.807, 2.05) is 18.2 Å². The summed E-state index contributed by atoms with van der Waals surface area (Å²) in [7, 11) is 0. The largest absolute Gasteiger partial charge is 0.324 e. The lowest BCUT2D eigenvalue weighted by molar-refractivity contribution is 0.0984. The number of halogens is 2. The molecule has 0 radical (unpaired) electrons. The Hall–Kier alpha value is -2.63.